The Hall–Kier alpha value is -1.51. The number of aryl methyl sites for hydroxylation is 1. The molecule has 0 radical (unpaired) electrons. The van der Waals surface area contributed by atoms with Gasteiger partial charge >= 0.3 is 5.97 Å². The molecule has 1 unspecified atom stereocenters. The summed E-state index contributed by atoms with van der Waals surface area (Å²) in [5.41, 5.74) is -0.844. The van der Waals surface area contributed by atoms with E-state index >= 15 is 0 Å². The van der Waals surface area contributed by atoms with Gasteiger partial charge in [-0.15, -0.1) is 0 Å². The summed E-state index contributed by atoms with van der Waals surface area (Å²) in [6.45, 7) is 2.60. The molecule has 2 heterocycles. The molecule has 0 aliphatic carbocycles. The largest absolute Gasteiger partial charge is 0.478 e. The summed E-state index contributed by atoms with van der Waals surface area (Å²) in [4.78, 5) is 10.5. The van der Waals surface area contributed by atoms with Gasteiger partial charge in [-0.2, -0.15) is 4.31 Å². The Labute approximate surface area is 127 Å². The first-order valence-corrected chi connectivity index (χ1v) is 8.36. The van der Waals surface area contributed by atoms with Crippen LogP contribution in [0.15, 0.2) is 17.0 Å². The van der Waals surface area contributed by atoms with E-state index in [1.807, 2.05) is 0 Å². The average molecular weight is 329 g/mol. The maximum absolute atomic E-state index is 14.4. The lowest BCUT2D eigenvalue weighted by Crippen LogP contribution is -2.62. The Morgan fingerprint density at radius 2 is 2.14 bits per heavy atom. The van der Waals surface area contributed by atoms with Gasteiger partial charge in [-0.25, -0.2) is 17.6 Å². The van der Waals surface area contributed by atoms with Crippen molar-refractivity contribution in [3.63, 3.8) is 0 Å². The highest BCUT2D eigenvalue weighted by molar-refractivity contribution is 7.89. The molecular weight excluding hydrogens is 313 g/mol. The number of carboxylic acids is 1. The van der Waals surface area contributed by atoms with Crippen LogP contribution >= 0.6 is 0 Å². The van der Waals surface area contributed by atoms with E-state index in [9.17, 15) is 17.6 Å². The summed E-state index contributed by atoms with van der Waals surface area (Å²) in [5.74, 6) is -2.70. The number of carboxylic acid groups (broad SMARTS) is 1. The lowest BCUT2D eigenvalue weighted by molar-refractivity contribution is 0.0523. The summed E-state index contributed by atoms with van der Waals surface area (Å²) in [6.07, 6.45) is 1.25. The maximum Gasteiger partial charge on any atom is 0.338 e. The number of ether oxygens (including phenoxy) is 1. The van der Waals surface area contributed by atoms with Crippen molar-refractivity contribution in [3.05, 3.63) is 29.1 Å². The minimum absolute atomic E-state index is 0.293. The van der Waals surface area contributed by atoms with Crippen LogP contribution in [0.2, 0.25) is 0 Å². The Kier molecular flexibility index (Phi) is 3.50. The van der Waals surface area contributed by atoms with Gasteiger partial charge in [0.05, 0.1) is 17.7 Å². The highest BCUT2D eigenvalue weighted by atomic mass is 32.2. The summed E-state index contributed by atoms with van der Waals surface area (Å²) < 4.78 is 46.4. The van der Waals surface area contributed by atoms with E-state index in [4.69, 9.17) is 9.84 Å². The van der Waals surface area contributed by atoms with Crippen LogP contribution in [0.1, 0.15) is 28.8 Å². The summed E-state index contributed by atoms with van der Waals surface area (Å²) in [5, 5.41) is 9.03. The van der Waals surface area contributed by atoms with E-state index in [1.165, 1.54) is 17.3 Å². The molecule has 2 aliphatic rings. The van der Waals surface area contributed by atoms with Crippen molar-refractivity contribution in [3.8, 4) is 0 Å². The number of aromatic carboxylic acids is 1. The molecule has 0 amide bonds. The highest BCUT2D eigenvalue weighted by Crippen LogP contribution is 2.42. The Bertz CT molecular complexity index is 740. The molecular formula is C14H16FNO5S. The van der Waals surface area contributed by atoms with E-state index in [1.54, 1.807) is 0 Å². The van der Waals surface area contributed by atoms with Crippen LogP contribution < -0.4 is 0 Å². The summed E-state index contributed by atoms with van der Waals surface area (Å²) in [6, 6.07) is 2.31. The van der Waals surface area contributed by atoms with Crippen molar-refractivity contribution in [2.24, 2.45) is 0 Å². The third kappa shape index (κ3) is 2.13. The third-order valence-corrected chi connectivity index (χ3v) is 6.38. The van der Waals surface area contributed by atoms with Crippen molar-refractivity contribution < 1.29 is 27.4 Å². The van der Waals surface area contributed by atoms with E-state index in [0.717, 1.165) is 6.07 Å². The quantitative estimate of drug-likeness (QED) is 0.906. The van der Waals surface area contributed by atoms with Crippen molar-refractivity contribution in [2.75, 3.05) is 19.8 Å². The number of nitrogens with zero attached hydrogens (tertiary/aromatic N) is 1. The van der Waals surface area contributed by atoms with Crippen molar-refractivity contribution in [2.45, 2.75) is 30.2 Å². The predicted molar refractivity (Wildman–Crippen MR) is 74.8 cm³/mol. The first-order valence-electron chi connectivity index (χ1n) is 6.92. The van der Waals surface area contributed by atoms with Gasteiger partial charge in [0.25, 0.3) is 0 Å². The topological polar surface area (TPSA) is 83.9 Å². The number of sulfonamides is 1. The molecule has 1 aromatic carbocycles. The van der Waals surface area contributed by atoms with Gasteiger partial charge in [-0.1, -0.05) is 0 Å². The van der Waals surface area contributed by atoms with Crippen LogP contribution in [0.4, 0.5) is 4.39 Å². The van der Waals surface area contributed by atoms with Crippen LogP contribution in [-0.4, -0.2) is 49.1 Å². The van der Waals surface area contributed by atoms with Crippen LogP contribution in [0.5, 0.6) is 0 Å². The lowest BCUT2D eigenvalue weighted by atomic mass is 9.87. The molecule has 1 N–H and O–H groups in total. The molecule has 0 saturated carbocycles. The van der Waals surface area contributed by atoms with Crippen molar-refractivity contribution in [1.29, 1.82) is 0 Å². The lowest BCUT2D eigenvalue weighted by Gasteiger charge is -2.48. The Morgan fingerprint density at radius 3 is 2.64 bits per heavy atom. The number of hydrogen-bond acceptors (Lipinski definition) is 4. The monoisotopic (exact) mass is 329 g/mol. The molecule has 0 bridgehead atoms. The Morgan fingerprint density at radius 1 is 1.41 bits per heavy atom. The number of carbonyl (C=O) groups is 1. The van der Waals surface area contributed by atoms with Crippen LogP contribution in [0, 0.1) is 12.7 Å². The van der Waals surface area contributed by atoms with Gasteiger partial charge in [0.15, 0.2) is 5.82 Å². The number of rotatable bonds is 3. The van der Waals surface area contributed by atoms with Gasteiger partial charge in [0.1, 0.15) is 4.90 Å². The van der Waals surface area contributed by atoms with Gasteiger partial charge in [-0.05, 0) is 37.5 Å². The smallest absolute Gasteiger partial charge is 0.338 e. The molecule has 8 heteroatoms. The maximum atomic E-state index is 14.4. The van der Waals surface area contributed by atoms with Crippen molar-refractivity contribution in [1.82, 2.24) is 4.31 Å². The van der Waals surface area contributed by atoms with E-state index in [-0.39, 0.29) is 0 Å². The van der Waals surface area contributed by atoms with E-state index in [2.05, 4.69) is 0 Å². The van der Waals surface area contributed by atoms with Crippen molar-refractivity contribution >= 4 is 16.0 Å². The fourth-order valence-corrected chi connectivity index (χ4v) is 5.07. The summed E-state index contributed by atoms with van der Waals surface area (Å²) >= 11 is 0. The SMILES string of the molecule is Cc1cc(C(=O)O)c(F)c(S(=O)(=O)N2CCC23CCOC3)c1. The van der Waals surface area contributed by atoms with Gasteiger partial charge < -0.3 is 9.84 Å². The molecule has 0 aromatic heterocycles. The molecule has 120 valence electrons. The minimum Gasteiger partial charge on any atom is -0.478 e. The van der Waals surface area contributed by atoms with Gasteiger partial charge in [0, 0.05) is 13.2 Å². The second-order valence-corrected chi connectivity index (χ2v) is 7.61. The van der Waals surface area contributed by atoms with E-state index < -0.39 is 37.8 Å². The number of hydrogen-bond donors (Lipinski definition) is 1. The minimum atomic E-state index is -4.09. The van der Waals surface area contributed by atoms with Gasteiger partial charge in [0.2, 0.25) is 10.0 Å². The number of benzene rings is 1. The first kappa shape index (κ1) is 15.4. The van der Waals surface area contributed by atoms with Crippen LogP contribution in [-0.2, 0) is 14.8 Å². The summed E-state index contributed by atoms with van der Waals surface area (Å²) in [7, 11) is -4.09. The molecule has 1 atom stereocenters. The fraction of sp³-hybridized carbons (Fsp3) is 0.500. The molecule has 3 rings (SSSR count). The normalized spacial score (nSPS) is 25.4. The number of halogens is 1. The second kappa shape index (κ2) is 5.00. The molecule has 2 fully saturated rings. The molecule has 2 aliphatic heterocycles. The first-order chi connectivity index (χ1) is 10.3. The third-order valence-electron chi connectivity index (χ3n) is 4.37. The zero-order chi connectivity index (χ0) is 16.1. The average Bonchev–Trinajstić information content (AvgIpc) is 2.90. The molecule has 1 aromatic rings. The Balaban J connectivity index is 2.08. The zero-order valence-electron chi connectivity index (χ0n) is 12.0. The van der Waals surface area contributed by atoms with Crippen LogP contribution in [0.3, 0.4) is 0 Å². The zero-order valence-corrected chi connectivity index (χ0v) is 12.8. The second-order valence-electron chi connectivity index (χ2n) is 5.78. The molecule has 1 spiro atoms. The van der Waals surface area contributed by atoms with Crippen LogP contribution in [0.25, 0.3) is 0 Å². The predicted octanol–water partition coefficient (Wildman–Crippen LogP) is 1.39. The van der Waals surface area contributed by atoms with E-state index in [0.29, 0.717) is 38.2 Å². The molecule has 2 saturated heterocycles. The fourth-order valence-electron chi connectivity index (χ4n) is 3.08. The molecule has 22 heavy (non-hydrogen) atoms. The molecule has 6 nitrogen and oxygen atoms in total. The van der Waals surface area contributed by atoms with Gasteiger partial charge in [-0.3, -0.25) is 0 Å². The highest BCUT2D eigenvalue weighted by Gasteiger charge is 2.54. The standard InChI is InChI=1S/C14H16FNO5S/c1-9-6-10(13(17)18)12(15)11(7-9)22(19,20)16-4-2-14(16)3-5-21-8-14/h6-7H,2-5,8H2,1H3,(H,17,18).